The molecule has 3 rings (SSSR count). The van der Waals surface area contributed by atoms with Crippen molar-refractivity contribution in [3.8, 4) is 5.75 Å². The average molecular weight is 318 g/mol. The van der Waals surface area contributed by atoms with Crippen LogP contribution in [-0.4, -0.2) is 56.1 Å². The van der Waals surface area contributed by atoms with Crippen molar-refractivity contribution >= 4 is 16.8 Å². The number of amides is 1. The predicted molar refractivity (Wildman–Crippen MR) is 86.9 cm³/mol. The molecule has 124 valence electrons. The molecule has 0 spiro atoms. The van der Waals surface area contributed by atoms with E-state index in [1.807, 2.05) is 16.9 Å². The second-order valence-corrected chi connectivity index (χ2v) is 5.70. The third-order valence-corrected chi connectivity index (χ3v) is 4.04. The van der Waals surface area contributed by atoms with Crippen LogP contribution in [0.4, 0.5) is 0 Å². The zero-order chi connectivity index (χ0) is 16.2. The lowest BCUT2D eigenvalue weighted by Gasteiger charge is -2.26. The van der Waals surface area contributed by atoms with Crippen molar-refractivity contribution in [2.75, 3.05) is 40.5 Å². The lowest BCUT2D eigenvalue weighted by molar-refractivity contribution is 0.0934. The van der Waals surface area contributed by atoms with Crippen LogP contribution in [0, 0.1) is 5.92 Å². The molecule has 0 aliphatic carbocycles. The zero-order valence-corrected chi connectivity index (χ0v) is 13.5. The molecule has 7 heteroatoms. The molecule has 0 radical (unpaired) electrons. The summed E-state index contributed by atoms with van der Waals surface area (Å²) in [5.41, 5.74) is 1.35. The molecule has 23 heavy (non-hydrogen) atoms. The molecule has 1 saturated heterocycles. The monoisotopic (exact) mass is 318 g/mol. The summed E-state index contributed by atoms with van der Waals surface area (Å²) in [5.74, 6) is 1.01. The Hall–Kier alpha value is -2.12. The third kappa shape index (κ3) is 3.30. The zero-order valence-electron chi connectivity index (χ0n) is 13.5. The van der Waals surface area contributed by atoms with Crippen LogP contribution in [0.1, 0.15) is 10.4 Å². The molecule has 1 amide bonds. The maximum Gasteiger partial charge on any atom is 0.255 e. The van der Waals surface area contributed by atoms with E-state index in [1.54, 1.807) is 20.3 Å². The molecular formula is C16H22N4O3. The highest BCUT2D eigenvalue weighted by molar-refractivity contribution is 6.03. The first-order chi connectivity index (χ1) is 11.2. The van der Waals surface area contributed by atoms with Crippen LogP contribution in [0.25, 0.3) is 10.9 Å². The Kier molecular flexibility index (Phi) is 4.78. The number of nitrogens with zero attached hydrogens (tertiary/aromatic N) is 2. The molecule has 2 heterocycles. The fraction of sp³-hybridized carbons (Fsp3) is 0.500. The fourth-order valence-electron chi connectivity index (χ4n) is 2.71. The molecule has 2 aromatic rings. The third-order valence-electron chi connectivity index (χ3n) is 4.04. The molecular weight excluding hydrogens is 296 g/mol. The first-order valence-corrected chi connectivity index (χ1v) is 7.75. The van der Waals surface area contributed by atoms with Crippen molar-refractivity contribution in [3.63, 3.8) is 0 Å². The summed E-state index contributed by atoms with van der Waals surface area (Å²) in [6.45, 7) is 3.87. The van der Waals surface area contributed by atoms with Gasteiger partial charge in [-0.05, 0) is 12.1 Å². The highest BCUT2D eigenvalue weighted by Crippen LogP contribution is 2.29. The van der Waals surface area contributed by atoms with E-state index in [2.05, 4.69) is 15.7 Å². The largest absolute Gasteiger partial charge is 0.495 e. The second kappa shape index (κ2) is 6.97. The predicted octanol–water partition coefficient (Wildman–Crippen LogP) is 0.640. The van der Waals surface area contributed by atoms with Gasteiger partial charge in [-0.15, -0.1) is 0 Å². The molecule has 0 atom stereocenters. The van der Waals surface area contributed by atoms with Crippen molar-refractivity contribution < 1.29 is 14.3 Å². The Labute approximate surface area is 134 Å². The number of hydrogen-bond donors (Lipinski definition) is 2. The van der Waals surface area contributed by atoms with Gasteiger partial charge in [-0.25, -0.2) is 0 Å². The van der Waals surface area contributed by atoms with E-state index in [4.69, 9.17) is 9.47 Å². The molecule has 0 unspecified atom stereocenters. The van der Waals surface area contributed by atoms with E-state index in [0.717, 1.165) is 30.5 Å². The number of nitrogens with one attached hydrogen (secondary N) is 2. The molecule has 1 fully saturated rings. The molecule has 1 aliphatic rings. The van der Waals surface area contributed by atoms with Gasteiger partial charge in [0, 0.05) is 45.4 Å². The number of fused-ring (bicyclic) bond motifs is 1. The maximum atomic E-state index is 12.3. The lowest BCUT2D eigenvalue weighted by atomic mass is 10.0. The van der Waals surface area contributed by atoms with Crippen molar-refractivity contribution in [2.24, 2.45) is 5.92 Å². The molecule has 1 aliphatic heterocycles. The molecule has 0 saturated carbocycles. The molecule has 1 aromatic heterocycles. The van der Waals surface area contributed by atoms with Crippen LogP contribution in [0.15, 0.2) is 18.3 Å². The van der Waals surface area contributed by atoms with Gasteiger partial charge in [0.05, 0.1) is 30.2 Å². The SMILES string of the molecule is COCCNC(=O)c1ccc2nn(CC3CNC3)cc2c1OC. The minimum atomic E-state index is -0.170. The molecule has 7 nitrogen and oxygen atoms in total. The van der Waals surface area contributed by atoms with Crippen LogP contribution in [-0.2, 0) is 11.3 Å². The number of carbonyl (C=O) groups excluding carboxylic acids is 1. The second-order valence-electron chi connectivity index (χ2n) is 5.70. The molecule has 1 aromatic carbocycles. The number of aromatic nitrogens is 2. The van der Waals surface area contributed by atoms with Gasteiger partial charge in [0.1, 0.15) is 5.75 Å². The van der Waals surface area contributed by atoms with E-state index in [1.165, 1.54) is 0 Å². The summed E-state index contributed by atoms with van der Waals surface area (Å²) < 4.78 is 12.4. The summed E-state index contributed by atoms with van der Waals surface area (Å²) in [5, 5.41) is 11.5. The van der Waals surface area contributed by atoms with E-state index in [0.29, 0.717) is 30.4 Å². The van der Waals surface area contributed by atoms with E-state index in [-0.39, 0.29) is 5.91 Å². The van der Waals surface area contributed by atoms with Crippen LogP contribution in [0.5, 0.6) is 5.75 Å². The summed E-state index contributed by atoms with van der Waals surface area (Å²) in [7, 11) is 3.18. The fourth-order valence-corrected chi connectivity index (χ4v) is 2.71. The maximum absolute atomic E-state index is 12.3. The number of ether oxygens (including phenoxy) is 2. The minimum absolute atomic E-state index is 0.170. The van der Waals surface area contributed by atoms with E-state index < -0.39 is 0 Å². The van der Waals surface area contributed by atoms with Crippen LogP contribution < -0.4 is 15.4 Å². The van der Waals surface area contributed by atoms with Crippen molar-refractivity contribution in [3.05, 3.63) is 23.9 Å². The van der Waals surface area contributed by atoms with E-state index in [9.17, 15) is 4.79 Å². The Morgan fingerprint density at radius 2 is 2.26 bits per heavy atom. The Bertz CT molecular complexity index is 694. The Morgan fingerprint density at radius 3 is 2.91 bits per heavy atom. The minimum Gasteiger partial charge on any atom is -0.495 e. The summed E-state index contributed by atoms with van der Waals surface area (Å²) >= 11 is 0. The van der Waals surface area contributed by atoms with Crippen LogP contribution in [0.3, 0.4) is 0 Å². The molecule has 2 N–H and O–H groups in total. The average Bonchev–Trinajstić information content (AvgIpc) is 2.92. The van der Waals surface area contributed by atoms with Crippen molar-refractivity contribution in [2.45, 2.75) is 6.54 Å². The van der Waals surface area contributed by atoms with Gasteiger partial charge in [0.2, 0.25) is 0 Å². The highest BCUT2D eigenvalue weighted by atomic mass is 16.5. The van der Waals surface area contributed by atoms with Gasteiger partial charge in [-0.2, -0.15) is 5.10 Å². The topological polar surface area (TPSA) is 77.4 Å². The number of methoxy groups -OCH3 is 2. The lowest BCUT2D eigenvalue weighted by Crippen LogP contribution is -2.44. The van der Waals surface area contributed by atoms with Gasteiger partial charge in [-0.3, -0.25) is 9.48 Å². The summed E-state index contributed by atoms with van der Waals surface area (Å²) in [6.07, 6.45) is 1.96. The highest BCUT2D eigenvalue weighted by Gasteiger charge is 2.20. The molecule has 0 bridgehead atoms. The number of hydrogen-bond acceptors (Lipinski definition) is 5. The van der Waals surface area contributed by atoms with Crippen LogP contribution in [0.2, 0.25) is 0 Å². The Balaban J connectivity index is 1.85. The van der Waals surface area contributed by atoms with Gasteiger partial charge >= 0.3 is 0 Å². The normalized spacial score (nSPS) is 14.7. The van der Waals surface area contributed by atoms with E-state index >= 15 is 0 Å². The first kappa shape index (κ1) is 15.8. The number of benzene rings is 1. The van der Waals surface area contributed by atoms with Gasteiger partial charge in [-0.1, -0.05) is 0 Å². The number of carbonyl (C=O) groups is 1. The van der Waals surface area contributed by atoms with Crippen molar-refractivity contribution in [1.82, 2.24) is 20.4 Å². The van der Waals surface area contributed by atoms with Crippen molar-refractivity contribution in [1.29, 1.82) is 0 Å². The van der Waals surface area contributed by atoms with Gasteiger partial charge < -0.3 is 20.1 Å². The first-order valence-electron chi connectivity index (χ1n) is 7.75. The van der Waals surface area contributed by atoms with Gasteiger partial charge in [0.25, 0.3) is 5.91 Å². The quantitative estimate of drug-likeness (QED) is 0.733. The summed E-state index contributed by atoms with van der Waals surface area (Å²) in [4.78, 5) is 12.3. The van der Waals surface area contributed by atoms with Crippen LogP contribution >= 0.6 is 0 Å². The smallest absolute Gasteiger partial charge is 0.255 e. The van der Waals surface area contributed by atoms with Gasteiger partial charge in [0.15, 0.2) is 0 Å². The standard InChI is InChI=1S/C16H22N4O3/c1-22-6-5-18-16(21)12-3-4-14-13(15(12)23-2)10-20(19-14)9-11-7-17-8-11/h3-4,10-11,17H,5-9H2,1-2H3,(H,18,21). The summed E-state index contributed by atoms with van der Waals surface area (Å²) in [6, 6.07) is 3.62. The Morgan fingerprint density at radius 1 is 1.43 bits per heavy atom. The number of rotatable bonds is 7.